The predicted octanol–water partition coefficient (Wildman–Crippen LogP) is 1.74. The van der Waals surface area contributed by atoms with E-state index in [-0.39, 0.29) is 0 Å². The average molecular weight is 202 g/mol. The third-order valence-corrected chi connectivity index (χ3v) is 3.21. The van der Waals surface area contributed by atoms with Crippen LogP contribution in [0.3, 0.4) is 0 Å². The van der Waals surface area contributed by atoms with Gasteiger partial charge < -0.3 is 5.11 Å². The van der Waals surface area contributed by atoms with Gasteiger partial charge in [-0.2, -0.15) is 5.10 Å². The van der Waals surface area contributed by atoms with E-state index >= 15 is 0 Å². The maximum atomic E-state index is 9.09. The third-order valence-electron chi connectivity index (χ3n) is 3.21. The van der Waals surface area contributed by atoms with Crippen LogP contribution in [-0.2, 0) is 0 Å². The lowest BCUT2D eigenvalue weighted by molar-refractivity contribution is 0.274. The van der Waals surface area contributed by atoms with Crippen molar-refractivity contribution >= 4 is 5.52 Å². The van der Waals surface area contributed by atoms with Gasteiger partial charge in [-0.15, -0.1) is 0 Å². The monoisotopic (exact) mass is 202 g/mol. The lowest BCUT2D eigenvalue weighted by Crippen LogP contribution is -1.93. The molecule has 15 heavy (non-hydrogen) atoms. The number of aryl methyl sites for hydroxylation is 1. The molecular weight excluding hydrogens is 188 g/mol. The molecule has 1 N–H and O–H groups in total. The van der Waals surface area contributed by atoms with Crippen molar-refractivity contribution in [1.82, 2.24) is 9.61 Å². The van der Waals surface area contributed by atoms with Crippen LogP contribution in [0.2, 0.25) is 0 Å². The van der Waals surface area contributed by atoms with Crippen LogP contribution in [0, 0.1) is 12.8 Å². The van der Waals surface area contributed by atoms with E-state index in [9.17, 15) is 0 Å². The van der Waals surface area contributed by atoms with Crippen LogP contribution in [0.4, 0.5) is 0 Å². The standard InChI is InChI=1S/C12H14N2O/c1-8-5-12-10(11-6-9(11)7-15)3-2-4-14(12)13-8/h2-5,9,11,15H,6-7H2,1H3. The molecule has 3 nitrogen and oxygen atoms in total. The maximum Gasteiger partial charge on any atom is 0.0699 e. The van der Waals surface area contributed by atoms with Gasteiger partial charge in [0.2, 0.25) is 0 Å². The minimum atomic E-state index is 0.304. The van der Waals surface area contributed by atoms with Crippen molar-refractivity contribution in [2.75, 3.05) is 6.61 Å². The largest absolute Gasteiger partial charge is 0.396 e. The molecule has 0 radical (unpaired) electrons. The van der Waals surface area contributed by atoms with Gasteiger partial charge in [0.1, 0.15) is 0 Å². The molecule has 0 bridgehead atoms. The highest BCUT2D eigenvalue weighted by Gasteiger charge is 2.38. The van der Waals surface area contributed by atoms with Crippen LogP contribution < -0.4 is 0 Å². The number of fused-ring (bicyclic) bond motifs is 1. The molecule has 3 heteroatoms. The van der Waals surface area contributed by atoms with Crippen LogP contribution in [0.25, 0.3) is 5.52 Å². The van der Waals surface area contributed by atoms with Gasteiger partial charge in [-0.05, 0) is 42.9 Å². The number of hydrogen-bond donors (Lipinski definition) is 1. The Labute approximate surface area is 88.4 Å². The minimum Gasteiger partial charge on any atom is -0.396 e. The summed E-state index contributed by atoms with van der Waals surface area (Å²) in [6, 6.07) is 6.29. The van der Waals surface area contributed by atoms with Crippen molar-refractivity contribution < 1.29 is 5.11 Å². The Bertz CT molecular complexity index is 503. The van der Waals surface area contributed by atoms with E-state index in [1.54, 1.807) is 0 Å². The highest BCUT2D eigenvalue weighted by atomic mass is 16.3. The average Bonchev–Trinajstić information content (AvgIpc) is 2.91. The fourth-order valence-corrected chi connectivity index (χ4v) is 2.30. The van der Waals surface area contributed by atoms with Crippen molar-refractivity contribution in [3.63, 3.8) is 0 Å². The Morgan fingerprint density at radius 2 is 2.47 bits per heavy atom. The van der Waals surface area contributed by atoms with Gasteiger partial charge in [0.15, 0.2) is 0 Å². The van der Waals surface area contributed by atoms with Crippen LogP contribution >= 0.6 is 0 Å². The lowest BCUT2D eigenvalue weighted by Gasteiger charge is -2.01. The van der Waals surface area contributed by atoms with Gasteiger partial charge in [-0.3, -0.25) is 0 Å². The molecular formula is C12H14N2O. The summed E-state index contributed by atoms with van der Waals surface area (Å²) in [4.78, 5) is 0. The first kappa shape index (κ1) is 8.92. The van der Waals surface area contributed by atoms with E-state index in [2.05, 4.69) is 17.2 Å². The van der Waals surface area contributed by atoms with E-state index in [1.807, 2.05) is 23.7 Å². The summed E-state index contributed by atoms with van der Waals surface area (Å²) in [5.74, 6) is 1.00. The minimum absolute atomic E-state index is 0.304. The number of rotatable bonds is 2. The number of aliphatic hydroxyl groups is 1. The molecule has 0 saturated heterocycles. The normalized spacial score (nSPS) is 24.7. The van der Waals surface area contributed by atoms with E-state index in [4.69, 9.17) is 5.11 Å². The fraction of sp³-hybridized carbons (Fsp3) is 0.417. The summed E-state index contributed by atoms with van der Waals surface area (Å²) in [6.07, 6.45) is 3.09. The van der Waals surface area contributed by atoms with Crippen LogP contribution in [0.15, 0.2) is 24.4 Å². The van der Waals surface area contributed by atoms with Crippen LogP contribution in [0.1, 0.15) is 23.6 Å². The predicted molar refractivity (Wildman–Crippen MR) is 57.9 cm³/mol. The van der Waals surface area contributed by atoms with Gasteiger partial charge in [0.05, 0.1) is 11.2 Å². The topological polar surface area (TPSA) is 37.5 Å². The molecule has 1 fully saturated rings. The Balaban J connectivity index is 2.10. The summed E-state index contributed by atoms with van der Waals surface area (Å²) >= 11 is 0. The highest BCUT2D eigenvalue weighted by Crippen LogP contribution is 2.48. The smallest absolute Gasteiger partial charge is 0.0699 e. The molecule has 1 aliphatic rings. The van der Waals surface area contributed by atoms with Crippen LogP contribution in [0.5, 0.6) is 0 Å². The second-order valence-electron chi connectivity index (χ2n) is 4.36. The Morgan fingerprint density at radius 3 is 3.20 bits per heavy atom. The van der Waals surface area contributed by atoms with Crippen molar-refractivity contribution in [2.24, 2.45) is 5.92 Å². The molecule has 0 aliphatic heterocycles. The first-order valence-electron chi connectivity index (χ1n) is 5.35. The zero-order valence-electron chi connectivity index (χ0n) is 8.72. The summed E-state index contributed by atoms with van der Waals surface area (Å²) < 4.78 is 1.93. The van der Waals surface area contributed by atoms with Gasteiger partial charge in [0.25, 0.3) is 0 Å². The molecule has 1 aliphatic carbocycles. The Morgan fingerprint density at radius 1 is 1.60 bits per heavy atom. The zero-order chi connectivity index (χ0) is 10.4. The number of aliphatic hydroxyl groups excluding tert-OH is 1. The summed E-state index contributed by atoms with van der Waals surface area (Å²) in [5.41, 5.74) is 3.57. The van der Waals surface area contributed by atoms with Crippen molar-refractivity contribution in [1.29, 1.82) is 0 Å². The van der Waals surface area contributed by atoms with Crippen LogP contribution in [-0.4, -0.2) is 21.3 Å². The molecule has 2 unspecified atom stereocenters. The Hall–Kier alpha value is -1.35. The highest BCUT2D eigenvalue weighted by molar-refractivity contribution is 5.58. The van der Waals surface area contributed by atoms with Gasteiger partial charge in [0, 0.05) is 12.8 Å². The molecule has 78 valence electrons. The molecule has 2 atom stereocenters. The zero-order valence-corrected chi connectivity index (χ0v) is 8.72. The van der Waals surface area contributed by atoms with Gasteiger partial charge >= 0.3 is 0 Å². The second-order valence-corrected chi connectivity index (χ2v) is 4.36. The SMILES string of the molecule is Cc1cc2c(C3CC3CO)cccn2n1. The van der Waals surface area contributed by atoms with Gasteiger partial charge in [-0.1, -0.05) is 6.07 Å². The molecule has 0 amide bonds. The summed E-state index contributed by atoms with van der Waals surface area (Å²) in [7, 11) is 0. The molecule has 0 aromatic carbocycles. The summed E-state index contributed by atoms with van der Waals surface area (Å²) in [6.45, 7) is 2.31. The number of nitrogens with zero attached hydrogens (tertiary/aromatic N) is 2. The quantitative estimate of drug-likeness (QED) is 0.805. The molecule has 3 rings (SSSR count). The lowest BCUT2D eigenvalue weighted by atomic mass is 10.1. The Kier molecular flexibility index (Phi) is 1.83. The number of pyridine rings is 1. The van der Waals surface area contributed by atoms with E-state index in [1.165, 1.54) is 11.1 Å². The number of aromatic nitrogens is 2. The van der Waals surface area contributed by atoms with Crippen molar-refractivity contribution in [3.8, 4) is 0 Å². The molecule has 2 heterocycles. The van der Waals surface area contributed by atoms with Crippen molar-refractivity contribution in [2.45, 2.75) is 19.3 Å². The fourth-order valence-electron chi connectivity index (χ4n) is 2.30. The first-order valence-corrected chi connectivity index (χ1v) is 5.35. The molecule has 1 saturated carbocycles. The van der Waals surface area contributed by atoms with Gasteiger partial charge in [-0.25, -0.2) is 4.52 Å². The maximum absolute atomic E-state index is 9.09. The molecule has 2 aromatic rings. The third kappa shape index (κ3) is 1.35. The van der Waals surface area contributed by atoms with E-state index in [0.717, 1.165) is 12.1 Å². The molecule has 0 spiro atoms. The van der Waals surface area contributed by atoms with E-state index in [0.29, 0.717) is 18.4 Å². The second kappa shape index (κ2) is 3.07. The summed E-state index contributed by atoms with van der Waals surface area (Å²) in [5, 5.41) is 13.5. The van der Waals surface area contributed by atoms with Crippen molar-refractivity contribution in [3.05, 3.63) is 35.7 Å². The first-order chi connectivity index (χ1) is 7.29. The van der Waals surface area contributed by atoms with E-state index < -0.39 is 0 Å². The molecule has 2 aromatic heterocycles. The number of hydrogen-bond acceptors (Lipinski definition) is 2.